The summed E-state index contributed by atoms with van der Waals surface area (Å²) in [6.07, 6.45) is -5.56. The Balaban J connectivity index is 2.11. The van der Waals surface area contributed by atoms with E-state index in [1.807, 2.05) is 0 Å². The summed E-state index contributed by atoms with van der Waals surface area (Å²) in [4.78, 5) is 42.1. The molecule has 2 aromatic rings. The Labute approximate surface area is 214 Å². The van der Waals surface area contributed by atoms with Crippen LogP contribution < -0.4 is 16.2 Å². The fourth-order valence-electron chi connectivity index (χ4n) is 2.88. The van der Waals surface area contributed by atoms with E-state index in [0.717, 1.165) is 0 Å². The molecule has 14 heteroatoms. The number of benzene rings is 2. The molecule has 0 spiro atoms. The summed E-state index contributed by atoms with van der Waals surface area (Å²) in [5, 5.41) is 3.56. The number of nitrogens with two attached hydrogens (primary N) is 2. The van der Waals surface area contributed by atoms with Gasteiger partial charge in [-0.3, -0.25) is 9.59 Å². The first-order chi connectivity index (χ1) is 17.5. The van der Waals surface area contributed by atoms with Gasteiger partial charge in [-0.05, 0) is 28.9 Å². The lowest BCUT2D eigenvalue weighted by atomic mass is 10.1. The zero-order valence-electron chi connectivity index (χ0n) is 19.4. The molecule has 0 atom stereocenters. The molecule has 0 bridgehead atoms. The van der Waals surface area contributed by atoms with Crippen LogP contribution in [0, 0.1) is 0 Å². The molecule has 0 aliphatic rings. The van der Waals surface area contributed by atoms with Gasteiger partial charge in [0.25, 0.3) is 5.91 Å². The summed E-state index contributed by atoms with van der Waals surface area (Å²) >= 11 is 6.14. The number of nitrogens with zero attached hydrogens (tertiary/aromatic N) is 2. The van der Waals surface area contributed by atoms with Crippen LogP contribution in [0.25, 0.3) is 0 Å². The number of rotatable bonds is 12. The van der Waals surface area contributed by atoms with Crippen LogP contribution >= 0.6 is 11.6 Å². The van der Waals surface area contributed by atoms with Crippen LogP contribution in [0.4, 0.5) is 13.2 Å². The number of esters is 2. The predicted octanol–water partition coefficient (Wildman–Crippen LogP) is 2.98. The first-order valence-corrected chi connectivity index (χ1v) is 11.1. The molecule has 0 fully saturated rings. The van der Waals surface area contributed by atoms with Gasteiger partial charge in [-0.1, -0.05) is 41.9 Å². The maximum Gasteiger partial charge on any atom is 0.491 e. The molecular weight excluding hydrogens is 521 g/mol. The van der Waals surface area contributed by atoms with E-state index < -0.39 is 30.4 Å². The minimum Gasteiger partial charge on any atom is -0.493 e. The summed E-state index contributed by atoms with van der Waals surface area (Å²) in [5.41, 5.74) is 11.1. The van der Waals surface area contributed by atoms with E-state index in [2.05, 4.69) is 9.89 Å². The maximum absolute atomic E-state index is 13.3. The van der Waals surface area contributed by atoms with Gasteiger partial charge >= 0.3 is 18.1 Å². The third kappa shape index (κ3) is 10.7. The lowest BCUT2D eigenvalue weighted by Crippen LogP contribution is -2.34. The summed E-state index contributed by atoms with van der Waals surface area (Å²) in [5.74, 6) is -4.58. The molecule has 4 N–H and O–H groups in total. The van der Waals surface area contributed by atoms with Crippen molar-refractivity contribution in [1.29, 1.82) is 0 Å². The molecule has 2 aromatic carbocycles. The topological polar surface area (TPSA) is 147 Å². The molecule has 200 valence electrons. The Morgan fingerprint density at radius 3 is 2.38 bits per heavy atom. The first-order valence-electron chi connectivity index (χ1n) is 10.7. The lowest BCUT2D eigenvalue weighted by molar-refractivity contribution is -0.201. The van der Waals surface area contributed by atoms with E-state index in [1.165, 1.54) is 23.1 Å². The molecular formula is C23H24ClF3N4O6. The molecule has 0 radical (unpaired) electrons. The van der Waals surface area contributed by atoms with Crippen LogP contribution in [0.1, 0.15) is 28.8 Å². The highest BCUT2D eigenvalue weighted by molar-refractivity contribution is 6.31. The molecule has 37 heavy (non-hydrogen) atoms. The van der Waals surface area contributed by atoms with Crippen LogP contribution in [0.15, 0.2) is 53.7 Å². The largest absolute Gasteiger partial charge is 0.493 e. The Bertz CT molecular complexity index is 1110. The van der Waals surface area contributed by atoms with Gasteiger partial charge in [-0.15, -0.1) is 0 Å². The van der Waals surface area contributed by atoms with Gasteiger partial charge in [0.2, 0.25) is 5.96 Å². The van der Waals surface area contributed by atoms with Gasteiger partial charge in [0, 0.05) is 30.1 Å². The maximum atomic E-state index is 13.3. The Morgan fingerprint density at radius 1 is 1.03 bits per heavy atom. The SMILES string of the molecule is NC(N)=NOCCCOc1cc(Cl)cc(C(=O)N(CCC(=O)OC(=O)C(F)(F)F)Cc2ccccc2)c1. The van der Waals surface area contributed by atoms with Gasteiger partial charge in [-0.2, -0.15) is 13.2 Å². The highest BCUT2D eigenvalue weighted by Gasteiger charge is 2.42. The second-order valence-corrected chi connectivity index (χ2v) is 7.89. The number of ether oxygens (including phenoxy) is 2. The number of guanidine groups is 1. The Morgan fingerprint density at radius 2 is 1.73 bits per heavy atom. The number of carbonyl (C=O) groups excluding carboxylic acids is 3. The molecule has 0 aliphatic heterocycles. The normalized spacial score (nSPS) is 10.8. The summed E-state index contributed by atoms with van der Waals surface area (Å²) in [6, 6.07) is 13.0. The van der Waals surface area contributed by atoms with Crippen molar-refractivity contribution in [1.82, 2.24) is 4.90 Å². The number of oxime groups is 1. The van der Waals surface area contributed by atoms with Gasteiger partial charge in [-0.25, -0.2) is 4.79 Å². The van der Waals surface area contributed by atoms with Crippen molar-refractivity contribution in [2.45, 2.75) is 25.6 Å². The van der Waals surface area contributed by atoms with Gasteiger partial charge < -0.3 is 30.7 Å². The number of hydrogen-bond acceptors (Lipinski definition) is 7. The number of amides is 1. The molecule has 0 unspecified atom stereocenters. The van der Waals surface area contributed by atoms with Crippen molar-refractivity contribution in [3.8, 4) is 5.75 Å². The number of hydrogen-bond donors (Lipinski definition) is 2. The highest BCUT2D eigenvalue weighted by Crippen LogP contribution is 2.23. The third-order valence-electron chi connectivity index (χ3n) is 4.46. The minimum atomic E-state index is -5.32. The molecule has 0 heterocycles. The van der Waals surface area contributed by atoms with Crippen molar-refractivity contribution >= 4 is 35.4 Å². The van der Waals surface area contributed by atoms with E-state index in [1.54, 1.807) is 30.3 Å². The van der Waals surface area contributed by atoms with Crippen molar-refractivity contribution in [2.75, 3.05) is 19.8 Å². The predicted molar refractivity (Wildman–Crippen MR) is 126 cm³/mol. The van der Waals surface area contributed by atoms with Crippen molar-refractivity contribution in [3.05, 3.63) is 64.7 Å². The van der Waals surface area contributed by atoms with E-state index in [-0.39, 0.29) is 48.6 Å². The standard InChI is InChI=1S/C23H24ClF3N4O6/c24-17-11-16(12-18(13-17)35-9-4-10-36-30-22(28)29)20(33)31(14-15-5-2-1-3-6-15)8-7-19(32)37-21(34)23(25,26)27/h1-3,5-6,11-13H,4,7-10,14H2,(H4,28,29,30). The number of halogens is 4. The van der Waals surface area contributed by atoms with Crippen LogP contribution in [0.3, 0.4) is 0 Å². The van der Waals surface area contributed by atoms with Gasteiger partial charge in [0.15, 0.2) is 0 Å². The zero-order valence-corrected chi connectivity index (χ0v) is 20.1. The third-order valence-corrected chi connectivity index (χ3v) is 4.68. The average molecular weight is 545 g/mol. The van der Waals surface area contributed by atoms with E-state index in [4.69, 9.17) is 32.6 Å². The first kappa shape index (κ1) is 29.2. The van der Waals surface area contributed by atoms with Crippen LogP contribution in [-0.2, 0) is 25.7 Å². The molecule has 0 saturated heterocycles. The lowest BCUT2D eigenvalue weighted by Gasteiger charge is -2.23. The zero-order chi connectivity index (χ0) is 27.4. The number of carbonyl (C=O) groups is 3. The molecule has 1 amide bonds. The second kappa shape index (κ2) is 13.9. The highest BCUT2D eigenvalue weighted by atomic mass is 35.5. The van der Waals surface area contributed by atoms with E-state index in [9.17, 15) is 27.6 Å². The van der Waals surface area contributed by atoms with Crippen molar-refractivity contribution in [2.24, 2.45) is 16.6 Å². The quantitative estimate of drug-likeness (QED) is 0.103. The second-order valence-electron chi connectivity index (χ2n) is 7.45. The summed E-state index contributed by atoms with van der Waals surface area (Å²) in [6.45, 7) is 0.0381. The van der Waals surface area contributed by atoms with Crippen molar-refractivity contribution < 1.29 is 41.9 Å². The van der Waals surface area contributed by atoms with E-state index >= 15 is 0 Å². The van der Waals surface area contributed by atoms with Gasteiger partial charge in [0.05, 0.1) is 13.0 Å². The smallest absolute Gasteiger partial charge is 0.491 e. The average Bonchev–Trinajstić information content (AvgIpc) is 2.83. The molecule has 0 aromatic heterocycles. The Kier molecular flexibility index (Phi) is 11.0. The fraction of sp³-hybridized carbons (Fsp3) is 0.304. The fourth-order valence-corrected chi connectivity index (χ4v) is 3.11. The van der Waals surface area contributed by atoms with Crippen LogP contribution in [-0.4, -0.2) is 54.6 Å². The molecule has 2 rings (SSSR count). The minimum absolute atomic E-state index is 0.0189. The molecule has 0 saturated carbocycles. The monoisotopic (exact) mass is 544 g/mol. The Hall–Kier alpha value is -4.00. The molecule has 10 nitrogen and oxygen atoms in total. The van der Waals surface area contributed by atoms with Crippen LogP contribution in [0.2, 0.25) is 5.02 Å². The molecule has 0 aliphatic carbocycles. The van der Waals surface area contributed by atoms with E-state index in [0.29, 0.717) is 12.0 Å². The summed E-state index contributed by atoms with van der Waals surface area (Å²) in [7, 11) is 0. The van der Waals surface area contributed by atoms with Crippen LogP contribution in [0.5, 0.6) is 5.75 Å². The summed E-state index contributed by atoms with van der Waals surface area (Å²) < 4.78 is 46.5. The van der Waals surface area contributed by atoms with Gasteiger partial charge in [0.1, 0.15) is 12.4 Å². The number of alkyl halides is 3. The van der Waals surface area contributed by atoms with Crippen molar-refractivity contribution in [3.63, 3.8) is 0 Å².